The maximum Gasteiger partial charge on any atom is 0.269 e. The predicted octanol–water partition coefficient (Wildman–Crippen LogP) is 4.64. The van der Waals surface area contributed by atoms with E-state index in [0.717, 1.165) is 53.3 Å². The highest BCUT2D eigenvalue weighted by atomic mass is 16.1. The molecule has 2 aromatic carbocycles. The number of amides is 1. The van der Waals surface area contributed by atoms with Crippen LogP contribution in [-0.4, -0.2) is 47.5 Å². The molecule has 1 saturated carbocycles. The van der Waals surface area contributed by atoms with Gasteiger partial charge in [-0.2, -0.15) is 4.98 Å². The van der Waals surface area contributed by atoms with Gasteiger partial charge in [-0.1, -0.05) is 36.4 Å². The molecule has 0 spiro atoms. The summed E-state index contributed by atoms with van der Waals surface area (Å²) < 4.78 is 0. The number of rotatable bonds is 6. The first kappa shape index (κ1) is 22.1. The molecule has 174 valence electrons. The fourth-order valence-corrected chi connectivity index (χ4v) is 4.68. The van der Waals surface area contributed by atoms with Crippen molar-refractivity contribution in [3.05, 3.63) is 66.4 Å². The van der Waals surface area contributed by atoms with Crippen molar-refractivity contribution in [3.8, 4) is 0 Å². The zero-order chi connectivity index (χ0) is 23.5. The molecule has 0 unspecified atom stereocenters. The van der Waals surface area contributed by atoms with Gasteiger partial charge >= 0.3 is 0 Å². The van der Waals surface area contributed by atoms with Crippen LogP contribution >= 0.6 is 0 Å². The lowest BCUT2D eigenvalue weighted by molar-refractivity contribution is 0.0938. The molecule has 7 heteroatoms. The van der Waals surface area contributed by atoms with E-state index < -0.39 is 0 Å². The standard InChI is InChI=1S/C27H30N6O/c1-33(2)25-21-8-4-6-10-23(21)31-27(32-25)29-20-14-11-18(12-15-20)17-28-26(34)24-16-13-19-7-3-5-9-22(19)30-24/h3-10,13,16,18,20H,11-12,14-15,17H2,1-2H3,(H,28,34)(H,29,31,32)/t18-,20+. The van der Waals surface area contributed by atoms with Gasteiger partial charge in [-0.05, 0) is 55.9 Å². The largest absolute Gasteiger partial charge is 0.362 e. The van der Waals surface area contributed by atoms with Crippen molar-refractivity contribution < 1.29 is 4.79 Å². The van der Waals surface area contributed by atoms with Gasteiger partial charge in [-0.3, -0.25) is 4.79 Å². The summed E-state index contributed by atoms with van der Waals surface area (Å²) in [5.74, 6) is 1.97. The first-order chi connectivity index (χ1) is 16.6. The van der Waals surface area contributed by atoms with Crippen molar-refractivity contribution in [1.82, 2.24) is 20.3 Å². The van der Waals surface area contributed by atoms with Gasteiger partial charge in [-0.25, -0.2) is 9.97 Å². The quantitative estimate of drug-likeness (QED) is 0.441. The summed E-state index contributed by atoms with van der Waals surface area (Å²) in [6.45, 7) is 0.678. The fraction of sp³-hybridized carbons (Fsp3) is 0.333. The summed E-state index contributed by atoms with van der Waals surface area (Å²) in [6.07, 6.45) is 4.17. The van der Waals surface area contributed by atoms with E-state index in [-0.39, 0.29) is 5.91 Å². The average molecular weight is 455 g/mol. The van der Waals surface area contributed by atoms with Crippen LogP contribution in [0.15, 0.2) is 60.7 Å². The van der Waals surface area contributed by atoms with E-state index in [0.29, 0.717) is 30.1 Å². The number of benzene rings is 2. The Kier molecular flexibility index (Phi) is 6.25. The van der Waals surface area contributed by atoms with Gasteiger partial charge in [0.05, 0.1) is 11.0 Å². The monoisotopic (exact) mass is 454 g/mol. The fourth-order valence-electron chi connectivity index (χ4n) is 4.68. The molecule has 2 N–H and O–H groups in total. The second-order valence-electron chi connectivity index (χ2n) is 9.24. The van der Waals surface area contributed by atoms with Crippen molar-refractivity contribution in [3.63, 3.8) is 0 Å². The van der Waals surface area contributed by atoms with Crippen molar-refractivity contribution >= 4 is 39.5 Å². The molecule has 4 aromatic rings. The van der Waals surface area contributed by atoms with E-state index in [1.165, 1.54) is 0 Å². The van der Waals surface area contributed by atoms with Crippen LogP contribution in [0.25, 0.3) is 21.8 Å². The second kappa shape index (κ2) is 9.63. The summed E-state index contributed by atoms with van der Waals surface area (Å²) in [5.41, 5.74) is 2.26. The van der Waals surface area contributed by atoms with Crippen LogP contribution < -0.4 is 15.5 Å². The highest BCUT2D eigenvalue weighted by Gasteiger charge is 2.23. The Balaban J connectivity index is 1.15. The minimum Gasteiger partial charge on any atom is -0.362 e. The number of aromatic nitrogens is 3. The maximum atomic E-state index is 12.6. The number of nitrogens with one attached hydrogen (secondary N) is 2. The smallest absolute Gasteiger partial charge is 0.269 e. The molecule has 1 aliphatic carbocycles. The normalized spacial score (nSPS) is 18.1. The summed E-state index contributed by atoms with van der Waals surface area (Å²) in [5, 5.41) is 8.73. The number of pyridine rings is 1. The summed E-state index contributed by atoms with van der Waals surface area (Å²) in [7, 11) is 4.01. The number of anilines is 2. The molecule has 2 aromatic heterocycles. The van der Waals surface area contributed by atoms with Crippen molar-refractivity contribution in [2.45, 2.75) is 31.7 Å². The van der Waals surface area contributed by atoms with Crippen LogP contribution in [0.1, 0.15) is 36.2 Å². The van der Waals surface area contributed by atoms with Crippen LogP contribution in [0.4, 0.5) is 11.8 Å². The third-order valence-corrected chi connectivity index (χ3v) is 6.57. The van der Waals surface area contributed by atoms with Crippen LogP contribution in [-0.2, 0) is 0 Å². The lowest BCUT2D eigenvalue weighted by atomic mass is 9.86. The zero-order valence-electron chi connectivity index (χ0n) is 19.7. The minimum absolute atomic E-state index is 0.105. The molecule has 0 radical (unpaired) electrons. The van der Waals surface area contributed by atoms with Gasteiger partial charge in [0.1, 0.15) is 11.5 Å². The average Bonchev–Trinajstić information content (AvgIpc) is 2.87. The Bertz CT molecular complexity index is 1310. The number of carbonyl (C=O) groups excluding carboxylic acids is 1. The number of para-hydroxylation sites is 2. The molecular formula is C27H30N6O. The minimum atomic E-state index is -0.105. The lowest BCUT2D eigenvalue weighted by Crippen LogP contribution is -2.34. The molecule has 0 bridgehead atoms. The van der Waals surface area contributed by atoms with E-state index in [2.05, 4.69) is 21.7 Å². The van der Waals surface area contributed by atoms with E-state index in [1.807, 2.05) is 67.5 Å². The molecule has 0 aliphatic heterocycles. The number of carbonyl (C=O) groups is 1. The molecule has 5 rings (SSSR count). The molecule has 2 heterocycles. The van der Waals surface area contributed by atoms with Gasteiger partial charge in [0.15, 0.2) is 0 Å². The Morgan fingerprint density at radius 3 is 2.41 bits per heavy atom. The SMILES string of the molecule is CN(C)c1nc(N[C@H]2CC[C@@H](CNC(=O)c3ccc4ccccc4n3)CC2)nc2ccccc12. The van der Waals surface area contributed by atoms with Crippen LogP contribution in [0.3, 0.4) is 0 Å². The molecule has 1 fully saturated rings. The van der Waals surface area contributed by atoms with Crippen LogP contribution in [0, 0.1) is 5.92 Å². The van der Waals surface area contributed by atoms with Gasteiger partial charge in [0.25, 0.3) is 5.91 Å². The zero-order valence-corrected chi connectivity index (χ0v) is 19.7. The van der Waals surface area contributed by atoms with E-state index in [9.17, 15) is 4.79 Å². The summed E-state index contributed by atoms with van der Waals surface area (Å²) >= 11 is 0. The van der Waals surface area contributed by atoms with Crippen LogP contribution in [0.2, 0.25) is 0 Å². The molecule has 7 nitrogen and oxygen atoms in total. The topological polar surface area (TPSA) is 83.0 Å². The molecule has 1 amide bonds. The molecule has 0 atom stereocenters. The predicted molar refractivity (Wildman–Crippen MR) is 137 cm³/mol. The van der Waals surface area contributed by atoms with Gasteiger partial charge in [-0.15, -0.1) is 0 Å². The first-order valence-corrected chi connectivity index (χ1v) is 11.9. The highest BCUT2D eigenvalue weighted by Crippen LogP contribution is 2.28. The summed E-state index contributed by atoms with van der Waals surface area (Å²) in [4.78, 5) is 28.7. The first-order valence-electron chi connectivity index (χ1n) is 11.9. The molecule has 34 heavy (non-hydrogen) atoms. The highest BCUT2D eigenvalue weighted by molar-refractivity contribution is 5.94. The van der Waals surface area contributed by atoms with Gasteiger partial charge in [0, 0.05) is 37.5 Å². The van der Waals surface area contributed by atoms with E-state index >= 15 is 0 Å². The van der Waals surface area contributed by atoms with Gasteiger partial charge < -0.3 is 15.5 Å². The Morgan fingerprint density at radius 2 is 1.62 bits per heavy atom. The summed E-state index contributed by atoms with van der Waals surface area (Å²) in [6, 6.07) is 20.0. The number of fused-ring (bicyclic) bond motifs is 2. The van der Waals surface area contributed by atoms with Crippen LogP contribution in [0.5, 0.6) is 0 Å². The third-order valence-electron chi connectivity index (χ3n) is 6.57. The van der Waals surface area contributed by atoms with E-state index in [4.69, 9.17) is 9.97 Å². The number of hydrogen-bond donors (Lipinski definition) is 2. The number of hydrogen-bond acceptors (Lipinski definition) is 6. The van der Waals surface area contributed by atoms with Gasteiger partial charge in [0.2, 0.25) is 5.95 Å². The second-order valence-corrected chi connectivity index (χ2v) is 9.24. The van der Waals surface area contributed by atoms with Crippen molar-refractivity contribution in [2.24, 2.45) is 5.92 Å². The van der Waals surface area contributed by atoms with E-state index in [1.54, 1.807) is 6.07 Å². The Labute approximate surface area is 199 Å². The molecule has 1 aliphatic rings. The third kappa shape index (κ3) is 4.78. The molecular weight excluding hydrogens is 424 g/mol. The maximum absolute atomic E-state index is 12.6. The Morgan fingerprint density at radius 1 is 0.882 bits per heavy atom. The lowest BCUT2D eigenvalue weighted by Gasteiger charge is -2.29. The van der Waals surface area contributed by atoms with Crippen molar-refractivity contribution in [2.75, 3.05) is 30.9 Å². The molecule has 0 saturated heterocycles. The number of nitrogens with zero attached hydrogens (tertiary/aromatic N) is 4. The Hall–Kier alpha value is -3.74. The van der Waals surface area contributed by atoms with Crippen molar-refractivity contribution in [1.29, 1.82) is 0 Å².